The fraction of sp³-hybridized carbons (Fsp3) is 0. The molecule has 0 aliphatic rings. The summed E-state index contributed by atoms with van der Waals surface area (Å²) in [5.41, 5.74) is 14.7. The van der Waals surface area contributed by atoms with E-state index in [2.05, 4.69) is 205 Å². The summed E-state index contributed by atoms with van der Waals surface area (Å²) in [7, 11) is 0. The predicted octanol–water partition coefficient (Wildman–Crippen LogP) is 14.9. The number of nitrogens with zero attached hydrogens (tertiary/aromatic N) is 1. The van der Waals surface area contributed by atoms with E-state index in [1.165, 1.54) is 55.3 Å². The van der Waals surface area contributed by atoms with Gasteiger partial charge in [0, 0.05) is 27.5 Å². The summed E-state index contributed by atoms with van der Waals surface area (Å²) < 4.78 is 6.06. The van der Waals surface area contributed by atoms with Crippen molar-refractivity contribution in [3.63, 3.8) is 0 Å². The van der Waals surface area contributed by atoms with Crippen molar-refractivity contribution >= 4 is 49.8 Å². The second-order valence-electron chi connectivity index (χ2n) is 13.8. The highest BCUT2D eigenvalue weighted by atomic mass is 16.3. The third kappa shape index (κ3) is 5.81. The molecule has 0 aliphatic heterocycles. The number of hydrogen-bond donors (Lipinski definition) is 0. The minimum atomic E-state index is 0.916. The summed E-state index contributed by atoms with van der Waals surface area (Å²) in [5, 5.41) is 4.72. The standard InChI is InChI=1S/C52H35NO/c1-2-9-36(10-3-1)37-17-19-38(20-18-37)40-25-30-45(31-26-40)53(50-15-8-12-43-11-4-5-13-47(43)50)46-32-27-41(28-33-46)39-21-23-42(24-22-39)44-29-34-52-49(35-44)48-14-6-7-16-51(48)54-52/h1-35H. The monoisotopic (exact) mass is 689 g/mol. The highest BCUT2D eigenvalue weighted by molar-refractivity contribution is 6.06. The number of para-hydroxylation sites is 1. The molecule has 10 rings (SSSR count). The lowest BCUT2D eigenvalue weighted by Gasteiger charge is -2.27. The number of anilines is 3. The fourth-order valence-electron chi connectivity index (χ4n) is 7.68. The number of fused-ring (bicyclic) bond motifs is 4. The molecule has 0 unspecified atom stereocenters. The Morgan fingerprint density at radius 2 is 0.704 bits per heavy atom. The molecule has 0 saturated carbocycles. The highest BCUT2D eigenvalue weighted by Crippen LogP contribution is 2.41. The van der Waals surface area contributed by atoms with Crippen molar-refractivity contribution in [2.75, 3.05) is 4.90 Å². The molecule has 1 heterocycles. The first-order chi connectivity index (χ1) is 26.7. The molecule has 0 bridgehead atoms. The summed E-state index contributed by atoms with van der Waals surface area (Å²) >= 11 is 0. The molecule has 0 radical (unpaired) electrons. The van der Waals surface area contributed by atoms with Crippen molar-refractivity contribution in [3.05, 3.63) is 212 Å². The van der Waals surface area contributed by atoms with Gasteiger partial charge in [0.15, 0.2) is 0 Å². The van der Waals surface area contributed by atoms with Crippen LogP contribution in [0.4, 0.5) is 17.1 Å². The lowest BCUT2D eigenvalue weighted by molar-refractivity contribution is 0.669. The summed E-state index contributed by atoms with van der Waals surface area (Å²) in [6.45, 7) is 0. The van der Waals surface area contributed by atoms with Crippen LogP contribution in [0.15, 0.2) is 217 Å². The first-order valence-electron chi connectivity index (χ1n) is 18.4. The Bertz CT molecular complexity index is 2880. The molecule has 0 aliphatic carbocycles. The second-order valence-corrected chi connectivity index (χ2v) is 13.8. The fourth-order valence-corrected chi connectivity index (χ4v) is 7.68. The van der Waals surface area contributed by atoms with Crippen molar-refractivity contribution in [3.8, 4) is 44.5 Å². The largest absolute Gasteiger partial charge is 0.456 e. The van der Waals surface area contributed by atoms with Gasteiger partial charge in [-0.05, 0) is 98.4 Å². The number of furan rings is 1. The van der Waals surface area contributed by atoms with Crippen molar-refractivity contribution in [1.29, 1.82) is 0 Å². The maximum absolute atomic E-state index is 6.06. The van der Waals surface area contributed by atoms with Crippen LogP contribution < -0.4 is 4.90 Å². The lowest BCUT2D eigenvalue weighted by atomic mass is 9.98. The Morgan fingerprint density at radius 1 is 0.278 bits per heavy atom. The average Bonchev–Trinajstić information content (AvgIpc) is 3.63. The molecule has 54 heavy (non-hydrogen) atoms. The molecule has 0 amide bonds. The van der Waals surface area contributed by atoms with Gasteiger partial charge >= 0.3 is 0 Å². The molecule has 1 aromatic heterocycles. The van der Waals surface area contributed by atoms with E-state index in [1.807, 2.05) is 12.1 Å². The normalized spacial score (nSPS) is 11.3. The molecule has 0 atom stereocenters. The van der Waals surface area contributed by atoms with Crippen molar-refractivity contribution in [2.45, 2.75) is 0 Å². The topological polar surface area (TPSA) is 16.4 Å². The van der Waals surface area contributed by atoms with Crippen LogP contribution in [0.3, 0.4) is 0 Å². The second kappa shape index (κ2) is 13.4. The smallest absolute Gasteiger partial charge is 0.135 e. The van der Waals surface area contributed by atoms with Crippen LogP contribution in [0, 0.1) is 0 Å². The number of hydrogen-bond acceptors (Lipinski definition) is 2. The minimum absolute atomic E-state index is 0.916. The van der Waals surface area contributed by atoms with Crippen LogP contribution in [0.2, 0.25) is 0 Å². The Kier molecular flexibility index (Phi) is 7.85. The van der Waals surface area contributed by atoms with Crippen LogP contribution in [0.1, 0.15) is 0 Å². The Hall–Kier alpha value is -7.16. The van der Waals surface area contributed by atoms with E-state index >= 15 is 0 Å². The maximum atomic E-state index is 6.06. The first-order valence-corrected chi connectivity index (χ1v) is 18.4. The van der Waals surface area contributed by atoms with Gasteiger partial charge in [-0.2, -0.15) is 0 Å². The van der Waals surface area contributed by atoms with Crippen LogP contribution in [0.25, 0.3) is 77.2 Å². The summed E-state index contributed by atoms with van der Waals surface area (Å²) in [5.74, 6) is 0. The molecule has 2 nitrogen and oxygen atoms in total. The van der Waals surface area contributed by atoms with E-state index in [0.717, 1.165) is 39.0 Å². The zero-order valence-electron chi connectivity index (χ0n) is 29.6. The van der Waals surface area contributed by atoms with E-state index < -0.39 is 0 Å². The zero-order valence-corrected chi connectivity index (χ0v) is 29.6. The Morgan fingerprint density at radius 3 is 1.31 bits per heavy atom. The quantitative estimate of drug-likeness (QED) is 0.166. The molecule has 10 aromatic rings. The molecule has 254 valence electrons. The van der Waals surface area contributed by atoms with Gasteiger partial charge in [0.2, 0.25) is 0 Å². The van der Waals surface area contributed by atoms with E-state index in [-0.39, 0.29) is 0 Å². The SMILES string of the molecule is c1ccc(-c2ccc(-c3ccc(N(c4ccc(-c5ccc(-c6ccc7oc8ccccc8c7c6)cc5)cc4)c4cccc5ccccc45)cc3)cc2)cc1. The molecule has 2 heteroatoms. The van der Waals surface area contributed by atoms with Crippen molar-refractivity contribution in [2.24, 2.45) is 0 Å². The van der Waals surface area contributed by atoms with E-state index in [4.69, 9.17) is 4.42 Å². The van der Waals surface area contributed by atoms with Gasteiger partial charge < -0.3 is 9.32 Å². The summed E-state index contributed by atoms with van der Waals surface area (Å²) in [6, 6.07) is 75.9. The molecular formula is C52H35NO. The Labute approximate surface area is 314 Å². The molecule has 0 N–H and O–H groups in total. The highest BCUT2D eigenvalue weighted by Gasteiger charge is 2.16. The van der Waals surface area contributed by atoms with Gasteiger partial charge in [0.25, 0.3) is 0 Å². The molecule has 0 fully saturated rings. The van der Waals surface area contributed by atoms with Crippen molar-refractivity contribution < 1.29 is 4.42 Å². The van der Waals surface area contributed by atoms with E-state index in [0.29, 0.717) is 0 Å². The third-order valence-corrected chi connectivity index (χ3v) is 10.5. The van der Waals surface area contributed by atoms with Gasteiger partial charge in [-0.1, -0.05) is 164 Å². The summed E-state index contributed by atoms with van der Waals surface area (Å²) in [6.07, 6.45) is 0. The van der Waals surface area contributed by atoms with Crippen molar-refractivity contribution in [1.82, 2.24) is 0 Å². The van der Waals surface area contributed by atoms with E-state index in [9.17, 15) is 0 Å². The average molecular weight is 690 g/mol. The first kappa shape index (κ1) is 31.6. The summed E-state index contributed by atoms with van der Waals surface area (Å²) in [4.78, 5) is 2.37. The molecule has 0 spiro atoms. The van der Waals surface area contributed by atoms with Gasteiger partial charge in [-0.25, -0.2) is 0 Å². The van der Waals surface area contributed by atoms with Gasteiger partial charge in [-0.3, -0.25) is 0 Å². The van der Waals surface area contributed by atoms with Gasteiger partial charge in [-0.15, -0.1) is 0 Å². The Balaban J connectivity index is 0.963. The zero-order chi connectivity index (χ0) is 35.8. The van der Waals surface area contributed by atoms with Crippen LogP contribution >= 0.6 is 0 Å². The number of rotatable bonds is 7. The maximum Gasteiger partial charge on any atom is 0.135 e. The molecular weight excluding hydrogens is 655 g/mol. The minimum Gasteiger partial charge on any atom is -0.456 e. The van der Waals surface area contributed by atoms with Crippen LogP contribution in [-0.4, -0.2) is 0 Å². The van der Waals surface area contributed by atoms with Gasteiger partial charge in [0.05, 0.1) is 5.69 Å². The molecule has 9 aromatic carbocycles. The van der Waals surface area contributed by atoms with Gasteiger partial charge in [0.1, 0.15) is 11.2 Å². The third-order valence-electron chi connectivity index (χ3n) is 10.5. The van der Waals surface area contributed by atoms with Crippen LogP contribution in [-0.2, 0) is 0 Å². The predicted molar refractivity (Wildman–Crippen MR) is 228 cm³/mol. The molecule has 0 saturated heterocycles. The lowest BCUT2D eigenvalue weighted by Crippen LogP contribution is -2.10. The number of benzene rings is 9. The van der Waals surface area contributed by atoms with E-state index in [1.54, 1.807) is 0 Å². The van der Waals surface area contributed by atoms with Crippen LogP contribution in [0.5, 0.6) is 0 Å².